The normalized spacial score (nSPS) is 11.2. The van der Waals surface area contributed by atoms with Crippen LogP contribution in [0.5, 0.6) is 5.75 Å². The minimum absolute atomic E-state index is 0.0887. The molecule has 4 aromatic rings. The van der Waals surface area contributed by atoms with Gasteiger partial charge in [0.15, 0.2) is 11.6 Å². The third kappa shape index (κ3) is 4.46. The molecule has 4 rings (SSSR count). The second-order valence-electron chi connectivity index (χ2n) is 7.36. The van der Waals surface area contributed by atoms with Crippen molar-refractivity contribution < 1.29 is 9.53 Å². The summed E-state index contributed by atoms with van der Waals surface area (Å²) in [7, 11) is 1.64. The van der Waals surface area contributed by atoms with Crippen LogP contribution in [0.2, 0.25) is 5.02 Å². The highest BCUT2D eigenvalue weighted by atomic mass is 35.5. The highest BCUT2D eigenvalue weighted by molar-refractivity contribution is 6.33. The maximum atomic E-state index is 12.3. The van der Waals surface area contributed by atoms with Gasteiger partial charge in [0, 0.05) is 24.6 Å². The summed E-state index contributed by atoms with van der Waals surface area (Å²) in [6.45, 7) is 2.65. The maximum absolute atomic E-state index is 12.3. The number of carbonyl (C=O) groups excluding carboxylic acids is 1. The van der Waals surface area contributed by atoms with Crippen molar-refractivity contribution in [2.75, 3.05) is 19.0 Å². The number of nitrogens with one attached hydrogen (secondary N) is 1. The van der Waals surface area contributed by atoms with Crippen molar-refractivity contribution in [2.24, 2.45) is 0 Å². The lowest BCUT2D eigenvalue weighted by Gasteiger charge is -2.10. The van der Waals surface area contributed by atoms with E-state index in [1.807, 2.05) is 41.7 Å². The van der Waals surface area contributed by atoms with E-state index < -0.39 is 0 Å². The van der Waals surface area contributed by atoms with E-state index in [-0.39, 0.29) is 5.78 Å². The number of unbranched alkanes of at least 4 members (excludes halogenated alkanes) is 2. The van der Waals surface area contributed by atoms with Gasteiger partial charge in [-0.1, -0.05) is 30.2 Å². The van der Waals surface area contributed by atoms with Crippen LogP contribution in [0.3, 0.4) is 0 Å². The smallest absolute Gasteiger partial charge is 0.204 e. The van der Waals surface area contributed by atoms with Crippen LogP contribution in [0.15, 0.2) is 42.5 Å². The number of halogens is 1. The standard InChI is InChI=1S/C23H24ClN5O2/c1-15-27-28-23-22(26-19-12-11-16(31-2)14-20(19)29(15)23)25-13-7-3-4-10-21(30)17-8-5-6-9-18(17)24/h5-6,8-9,11-12,14H,3-4,7,10,13H2,1-2H3,(H,25,26). The van der Waals surface area contributed by atoms with E-state index in [1.165, 1.54) is 0 Å². The van der Waals surface area contributed by atoms with Crippen LogP contribution in [0, 0.1) is 6.92 Å². The average Bonchev–Trinajstić information content (AvgIpc) is 3.18. The Bertz CT molecular complexity index is 1240. The minimum Gasteiger partial charge on any atom is -0.497 e. The van der Waals surface area contributed by atoms with Gasteiger partial charge in [0.2, 0.25) is 5.65 Å². The number of nitrogens with zero attached hydrogens (tertiary/aromatic N) is 4. The van der Waals surface area contributed by atoms with Crippen molar-refractivity contribution in [1.82, 2.24) is 19.6 Å². The monoisotopic (exact) mass is 437 g/mol. The van der Waals surface area contributed by atoms with Gasteiger partial charge in [0.1, 0.15) is 11.6 Å². The molecule has 0 aliphatic carbocycles. The summed E-state index contributed by atoms with van der Waals surface area (Å²) in [4.78, 5) is 17.0. The number of carbonyl (C=O) groups is 1. The van der Waals surface area contributed by atoms with Gasteiger partial charge in [-0.2, -0.15) is 0 Å². The van der Waals surface area contributed by atoms with Gasteiger partial charge in [0.05, 0.1) is 23.2 Å². The fraction of sp³-hybridized carbons (Fsp3) is 0.304. The Labute approximate surface area is 185 Å². The number of anilines is 1. The summed E-state index contributed by atoms with van der Waals surface area (Å²) < 4.78 is 7.32. The molecule has 0 fully saturated rings. The number of aryl methyl sites for hydroxylation is 1. The van der Waals surface area contributed by atoms with E-state index in [0.29, 0.717) is 28.5 Å². The van der Waals surface area contributed by atoms with Crippen LogP contribution in [0.25, 0.3) is 16.7 Å². The summed E-state index contributed by atoms with van der Waals surface area (Å²) in [5.41, 5.74) is 3.03. The number of benzene rings is 2. The molecule has 0 atom stereocenters. The van der Waals surface area contributed by atoms with Gasteiger partial charge in [-0.05, 0) is 44.0 Å². The third-order valence-electron chi connectivity index (χ3n) is 5.24. The molecule has 0 saturated carbocycles. The van der Waals surface area contributed by atoms with Crippen molar-refractivity contribution in [3.05, 3.63) is 58.9 Å². The molecule has 8 heteroatoms. The quantitative estimate of drug-likeness (QED) is 0.289. The molecule has 2 aromatic heterocycles. The van der Waals surface area contributed by atoms with Crippen LogP contribution in [0.4, 0.5) is 5.82 Å². The molecular formula is C23H24ClN5O2. The van der Waals surface area contributed by atoms with Gasteiger partial charge < -0.3 is 10.1 Å². The number of ketones is 1. The molecule has 1 N–H and O–H groups in total. The number of hydrogen-bond donors (Lipinski definition) is 1. The summed E-state index contributed by atoms with van der Waals surface area (Å²) in [5, 5.41) is 12.4. The molecule has 0 aliphatic rings. The molecule has 0 amide bonds. The molecule has 7 nitrogen and oxygen atoms in total. The molecule has 0 spiro atoms. The molecular weight excluding hydrogens is 414 g/mol. The number of hydrogen-bond acceptors (Lipinski definition) is 6. The van der Waals surface area contributed by atoms with Gasteiger partial charge >= 0.3 is 0 Å². The molecule has 0 saturated heterocycles. The van der Waals surface area contributed by atoms with E-state index in [1.54, 1.807) is 19.2 Å². The number of methoxy groups -OCH3 is 1. The van der Waals surface area contributed by atoms with Crippen molar-refractivity contribution in [2.45, 2.75) is 32.6 Å². The Morgan fingerprint density at radius 2 is 1.97 bits per heavy atom. The lowest BCUT2D eigenvalue weighted by atomic mass is 10.0. The molecule has 0 unspecified atom stereocenters. The first-order chi connectivity index (χ1) is 15.1. The molecule has 0 radical (unpaired) electrons. The summed E-state index contributed by atoms with van der Waals surface area (Å²) in [6, 6.07) is 12.9. The van der Waals surface area contributed by atoms with Gasteiger partial charge in [-0.25, -0.2) is 4.98 Å². The lowest BCUT2D eigenvalue weighted by molar-refractivity contribution is 0.0979. The van der Waals surface area contributed by atoms with E-state index in [2.05, 4.69) is 15.5 Å². The van der Waals surface area contributed by atoms with E-state index in [9.17, 15) is 4.79 Å². The van der Waals surface area contributed by atoms with Gasteiger partial charge in [-0.15, -0.1) is 10.2 Å². The predicted molar refractivity (Wildman–Crippen MR) is 122 cm³/mol. The summed E-state index contributed by atoms with van der Waals surface area (Å²) in [6.07, 6.45) is 3.15. The highest BCUT2D eigenvalue weighted by Crippen LogP contribution is 2.25. The molecule has 0 aliphatic heterocycles. The molecule has 31 heavy (non-hydrogen) atoms. The maximum Gasteiger partial charge on any atom is 0.204 e. The van der Waals surface area contributed by atoms with Crippen molar-refractivity contribution in [3.8, 4) is 5.75 Å². The second-order valence-corrected chi connectivity index (χ2v) is 7.77. The summed E-state index contributed by atoms with van der Waals surface area (Å²) in [5.74, 6) is 2.34. The van der Waals surface area contributed by atoms with E-state index in [4.69, 9.17) is 21.3 Å². The zero-order valence-electron chi connectivity index (χ0n) is 17.6. The first-order valence-corrected chi connectivity index (χ1v) is 10.7. The third-order valence-corrected chi connectivity index (χ3v) is 5.57. The Kier molecular flexibility index (Phi) is 6.32. The largest absolute Gasteiger partial charge is 0.497 e. The van der Waals surface area contributed by atoms with Gasteiger partial charge in [0.25, 0.3) is 0 Å². The fourth-order valence-electron chi connectivity index (χ4n) is 3.61. The molecule has 160 valence electrons. The molecule has 2 aromatic carbocycles. The number of aromatic nitrogens is 4. The van der Waals surface area contributed by atoms with Gasteiger partial charge in [-0.3, -0.25) is 9.20 Å². The topological polar surface area (TPSA) is 81.4 Å². The van der Waals surface area contributed by atoms with Crippen molar-refractivity contribution >= 4 is 39.9 Å². The number of Topliss-reactive ketones (excluding diaryl/α,β-unsaturated/α-hetero) is 1. The van der Waals surface area contributed by atoms with Crippen LogP contribution >= 0.6 is 11.6 Å². The Morgan fingerprint density at radius 1 is 1.13 bits per heavy atom. The Balaban J connectivity index is 1.37. The molecule has 0 bridgehead atoms. The predicted octanol–water partition coefficient (Wildman–Crippen LogP) is 5.10. The second kappa shape index (κ2) is 9.31. The van der Waals surface area contributed by atoms with E-state index >= 15 is 0 Å². The average molecular weight is 438 g/mol. The van der Waals surface area contributed by atoms with Crippen LogP contribution in [-0.2, 0) is 0 Å². The minimum atomic E-state index is 0.0887. The van der Waals surface area contributed by atoms with E-state index in [0.717, 1.165) is 48.4 Å². The Morgan fingerprint density at radius 3 is 2.77 bits per heavy atom. The van der Waals surface area contributed by atoms with Crippen molar-refractivity contribution in [3.63, 3.8) is 0 Å². The first kappa shape index (κ1) is 21.1. The molecule has 2 heterocycles. The number of rotatable bonds is 9. The number of ether oxygens (including phenoxy) is 1. The van der Waals surface area contributed by atoms with Crippen LogP contribution < -0.4 is 10.1 Å². The SMILES string of the molecule is COc1ccc2nc(NCCCCCC(=O)c3ccccc3Cl)c3nnc(C)n3c2c1. The number of fused-ring (bicyclic) bond motifs is 3. The van der Waals surface area contributed by atoms with Crippen molar-refractivity contribution in [1.29, 1.82) is 0 Å². The zero-order valence-corrected chi connectivity index (χ0v) is 18.3. The summed E-state index contributed by atoms with van der Waals surface area (Å²) >= 11 is 6.10. The first-order valence-electron chi connectivity index (χ1n) is 10.3. The Hall–Kier alpha value is -3.19. The van der Waals surface area contributed by atoms with Crippen LogP contribution in [-0.4, -0.2) is 39.0 Å². The highest BCUT2D eigenvalue weighted by Gasteiger charge is 2.14. The lowest BCUT2D eigenvalue weighted by Crippen LogP contribution is -2.07. The van der Waals surface area contributed by atoms with Crippen LogP contribution in [0.1, 0.15) is 41.9 Å². The fourth-order valence-corrected chi connectivity index (χ4v) is 3.85. The zero-order chi connectivity index (χ0) is 21.8.